The Hall–Kier alpha value is -2.18. The van der Waals surface area contributed by atoms with Gasteiger partial charge in [0.25, 0.3) is 5.91 Å². The van der Waals surface area contributed by atoms with Crippen LogP contribution in [0.3, 0.4) is 0 Å². The van der Waals surface area contributed by atoms with Crippen LogP contribution < -0.4 is 4.90 Å². The molecule has 0 aliphatic carbocycles. The van der Waals surface area contributed by atoms with Gasteiger partial charge in [0.2, 0.25) is 10.0 Å². The zero-order chi connectivity index (χ0) is 19.0. The first-order chi connectivity index (χ1) is 13.0. The van der Waals surface area contributed by atoms with Crippen LogP contribution in [0.2, 0.25) is 0 Å². The van der Waals surface area contributed by atoms with Crippen molar-refractivity contribution in [3.63, 3.8) is 0 Å². The molecule has 2 aromatic carbocycles. The summed E-state index contributed by atoms with van der Waals surface area (Å²) in [5, 5.41) is 0. The van der Waals surface area contributed by atoms with E-state index in [1.54, 1.807) is 34.3 Å². The zero-order valence-electron chi connectivity index (χ0n) is 15.5. The van der Waals surface area contributed by atoms with Crippen LogP contribution in [0.15, 0.2) is 47.4 Å². The van der Waals surface area contributed by atoms with Crippen molar-refractivity contribution in [3.05, 3.63) is 59.2 Å². The van der Waals surface area contributed by atoms with Crippen LogP contribution in [0.25, 0.3) is 0 Å². The number of rotatable bonds is 3. The van der Waals surface area contributed by atoms with E-state index < -0.39 is 10.0 Å². The van der Waals surface area contributed by atoms with Crippen molar-refractivity contribution in [1.29, 1.82) is 0 Å². The third kappa shape index (κ3) is 3.28. The molecule has 2 aromatic rings. The summed E-state index contributed by atoms with van der Waals surface area (Å²) in [7, 11) is -3.57. The molecule has 0 N–H and O–H groups in total. The van der Waals surface area contributed by atoms with Crippen LogP contribution in [0.1, 0.15) is 40.7 Å². The van der Waals surface area contributed by atoms with Gasteiger partial charge in [-0.2, -0.15) is 4.31 Å². The largest absolute Gasteiger partial charge is 0.308 e. The fourth-order valence-corrected chi connectivity index (χ4v) is 5.73. The lowest BCUT2D eigenvalue weighted by Gasteiger charge is -2.27. The van der Waals surface area contributed by atoms with Gasteiger partial charge in [-0.25, -0.2) is 8.42 Å². The van der Waals surface area contributed by atoms with E-state index in [-0.39, 0.29) is 10.8 Å². The normalized spacial score (nSPS) is 17.7. The molecular formula is C21H24N2O3S. The third-order valence-electron chi connectivity index (χ3n) is 5.50. The van der Waals surface area contributed by atoms with Crippen molar-refractivity contribution in [2.45, 2.75) is 37.5 Å². The van der Waals surface area contributed by atoms with E-state index in [0.29, 0.717) is 30.8 Å². The van der Waals surface area contributed by atoms with Crippen molar-refractivity contribution in [2.75, 3.05) is 24.5 Å². The molecule has 0 spiro atoms. The van der Waals surface area contributed by atoms with Crippen LogP contribution in [0, 0.1) is 6.92 Å². The molecule has 2 heterocycles. The van der Waals surface area contributed by atoms with E-state index >= 15 is 0 Å². The maximum absolute atomic E-state index is 13.1. The number of amides is 1. The van der Waals surface area contributed by atoms with Gasteiger partial charge in [0.15, 0.2) is 0 Å². The molecule has 1 fully saturated rings. The molecule has 5 nitrogen and oxygen atoms in total. The van der Waals surface area contributed by atoms with Crippen LogP contribution >= 0.6 is 0 Å². The minimum Gasteiger partial charge on any atom is -0.308 e. The highest BCUT2D eigenvalue weighted by molar-refractivity contribution is 7.89. The number of aryl methyl sites for hydroxylation is 1. The monoisotopic (exact) mass is 384 g/mol. The second-order valence-corrected chi connectivity index (χ2v) is 9.19. The van der Waals surface area contributed by atoms with Gasteiger partial charge in [-0.05, 0) is 55.5 Å². The van der Waals surface area contributed by atoms with E-state index in [2.05, 4.69) is 0 Å². The highest BCUT2D eigenvalue weighted by atomic mass is 32.2. The third-order valence-corrected chi connectivity index (χ3v) is 7.54. The van der Waals surface area contributed by atoms with Gasteiger partial charge in [-0.1, -0.05) is 30.7 Å². The lowest BCUT2D eigenvalue weighted by atomic mass is 10.1. The first-order valence-corrected chi connectivity index (χ1v) is 10.9. The van der Waals surface area contributed by atoms with Gasteiger partial charge in [-0.3, -0.25) is 4.79 Å². The zero-order valence-corrected chi connectivity index (χ0v) is 16.3. The second kappa shape index (κ2) is 7.09. The molecule has 2 aliphatic rings. The van der Waals surface area contributed by atoms with E-state index in [1.807, 2.05) is 24.3 Å². The van der Waals surface area contributed by atoms with Crippen LogP contribution in [-0.4, -0.2) is 38.3 Å². The number of para-hydroxylation sites is 1. The van der Waals surface area contributed by atoms with Crippen molar-refractivity contribution in [1.82, 2.24) is 4.31 Å². The average Bonchev–Trinajstić information content (AvgIpc) is 3.12. The number of hydrogen-bond donors (Lipinski definition) is 0. The molecule has 0 radical (unpaired) electrons. The number of fused-ring (bicyclic) bond motifs is 1. The fraction of sp³-hybridized carbons (Fsp3) is 0.381. The van der Waals surface area contributed by atoms with Gasteiger partial charge in [0.1, 0.15) is 0 Å². The topological polar surface area (TPSA) is 57.7 Å². The number of benzene rings is 2. The summed E-state index contributed by atoms with van der Waals surface area (Å²) in [6.07, 6.45) is 3.67. The quantitative estimate of drug-likeness (QED) is 0.815. The summed E-state index contributed by atoms with van der Waals surface area (Å²) in [6.45, 7) is 3.52. The standard InChI is InChI=1S/C21H24N2O3S/c1-16-9-10-18(15-20(16)27(25,26)22-12-5-2-6-13-22)21(24)23-14-11-17-7-3-4-8-19(17)23/h3-4,7-10,15H,2,5-6,11-14H2,1H3. The molecule has 6 heteroatoms. The Kier molecular flexibility index (Phi) is 4.78. The minimum atomic E-state index is -3.57. The summed E-state index contributed by atoms with van der Waals surface area (Å²) in [4.78, 5) is 15.1. The lowest BCUT2D eigenvalue weighted by Crippen LogP contribution is -2.36. The summed E-state index contributed by atoms with van der Waals surface area (Å²) in [6, 6.07) is 12.9. The number of piperidine rings is 1. The van der Waals surface area contributed by atoms with Gasteiger partial charge >= 0.3 is 0 Å². The van der Waals surface area contributed by atoms with Gasteiger partial charge in [0, 0.05) is 30.9 Å². The number of nitrogens with zero attached hydrogens (tertiary/aromatic N) is 2. The molecule has 0 aromatic heterocycles. The Bertz CT molecular complexity index is 979. The highest BCUT2D eigenvalue weighted by Gasteiger charge is 2.30. The molecule has 0 atom stereocenters. The van der Waals surface area contributed by atoms with E-state index in [9.17, 15) is 13.2 Å². The molecule has 142 valence electrons. The van der Waals surface area contributed by atoms with E-state index in [4.69, 9.17) is 0 Å². The Morgan fingerprint density at radius 1 is 0.963 bits per heavy atom. The molecule has 2 aliphatic heterocycles. The first kappa shape index (κ1) is 18.2. The number of carbonyl (C=O) groups is 1. The smallest absolute Gasteiger partial charge is 0.258 e. The SMILES string of the molecule is Cc1ccc(C(=O)N2CCc3ccccc32)cc1S(=O)(=O)N1CCCCC1. The molecule has 1 amide bonds. The highest BCUT2D eigenvalue weighted by Crippen LogP contribution is 2.30. The summed E-state index contributed by atoms with van der Waals surface area (Å²) >= 11 is 0. The van der Waals surface area contributed by atoms with Crippen molar-refractivity contribution < 1.29 is 13.2 Å². The van der Waals surface area contributed by atoms with Crippen molar-refractivity contribution in [3.8, 4) is 0 Å². The summed E-state index contributed by atoms with van der Waals surface area (Å²) in [5.41, 5.74) is 3.18. The van der Waals surface area contributed by atoms with E-state index in [1.165, 1.54) is 0 Å². The molecule has 27 heavy (non-hydrogen) atoms. The molecule has 0 saturated carbocycles. The predicted octanol–water partition coefficient (Wildman–Crippen LogP) is 3.37. The van der Waals surface area contributed by atoms with Crippen LogP contribution in [0.5, 0.6) is 0 Å². The molecule has 0 unspecified atom stereocenters. The summed E-state index contributed by atoms with van der Waals surface area (Å²) < 4.78 is 27.8. The Labute approximate surface area is 160 Å². The lowest BCUT2D eigenvalue weighted by molar-refractivity contribution is 0.0989. The maximum atomic E-state index is 13.1. The maximum Gasteiger partial charge on any atom is 0.258 e. The van der Waals surface area contributed by atoms with E-state index in [0.717, 1.165) is 36.9 Å². The van der Waals surface area contributed by atoms with Gasteiger partial charge in [0.05, 0.1) is 4.90 Å². The minimum absolute atomic E-state index is 0.143. The Morgan fingerprint density at radius 3 is 2.48 bits per heavy atom. The first-order valence-electron chi connectivity index (χ1n) is 9.49. The number of sulfonamides is 1. The van der Waals surface area contributed by atoms with Crippen molar-refractivity contribution in [2.24, 2.45) is 0 Å². The second-order valence-electron chi connectivity index (χ2n) is 7.28. The Balaban J connectivity index is 1.68. The fourth-order valence-electron chi connectivity index (χ4n) is 3.96. The predicted molar refractivity (Wildman–Crippen MR) is 106 cm³/mol. The van der Waals surface area contributed by atoms with Crippen molar-refractivity contribution >= 4 is 21.6 Å². The van der Waals surface area contributed by atoms with Gasteiger partial charge in [-0.15, -0.1) is 0 Å². The van der Waals surface area contributed by atoms with Crippen LogP contribution in [-0.2, 0) is 16.4 Å². The number of anilines is 1. The summed E-state index contributed by atoms with van der Waals surface area (Å²) in [5.74, 6) is -0.143. The molecule has 4 rings (SSSR count). The van der Waals surface area contributed by atoms with Crippen LogP contribution in [0.4, 0.5) is 5.69 Å². The molecule has 1 saturated heterocycles. The number of hydrogen-bond acceptors (Lipinski definition) is 3. The van der Waals surface area contributed by atoms with Gasteiger partial charge < -0.3 is 4.90 Å². The molecular weight excluding hydrogens is 360 g/mol. The molecule has 0 bridgehead atoms. The average molecular weight is 385 g/mol. The Morgan fingerprint density at radius 2 is 1.70 bits per heavy atom. The number of carbonyl (C=O) groups excluding carboxylic acids is 1.